The molecule has 1 atom stereocenters. The van der Waals surface area contributed by atoms with Crippen LogP contribution in [0.15, 0.2) is 0 Å². The Bertz CT molecular complexity index is 434. The molecule has 0 saturated carbocycles. The quantitative estimate of drug-likeness (QED) is 0.744. The molecule has 0 aromatic heterocycles. The predicted molar refractivity (Wildman–Crippen MR) is 81.8 cm³/mol. The highest BCUT2D eigenvalue weighted by atomic mass is 16.6. The largest absolute Gasteiger partial charge is 0.458 e. The van der Waals surface area contributed by atoms with Crippen molar-refractivity contribution in [2.45, 2.75) is 71.6 Å². The SMILES string of the molecule is CC(C)(C)OC(=O)C1CC(=O)CCN1C(=O)OC(C)(C)C.N. The Kier molecular flexibility index (Phi) is 6.56. The summed E-state index contributed by atoms with van der Waals surface area (Å²) in [5, 5.41) is 0. The molecule has 1 unspecified atom stereocenters. The number of ketones is 1. The molecule has 1 rings (SSSR count). The first-order valence-corrected chi connectivity index (χ1v) is 7.13. The monoisotopic (exact) mass is 316 g/mol. The first kappa shape index (κ1) is 20.4. The number of likely N-dealkylation sites (tertiary alicyclic amines) is 1. The maximum absolute atomic E-state index is 12.2. The molecule has 0 bridgehead atoms. The molecule has 0 aromatic carbocycles. The summed E-state index contributed by atoms with van der Waals surface area (Å²) in [5.41, 5.74) is -1.33. The smallest absolute Gasteiger partial charge is 0.411 e. The van der Waals surface area contributed by atoms with Crippen LogP contribution in [-0.4, -0.2) is 46.5 Å². The van der Waals surface area contributed by atoms with Gasteiger partial charge in [-0.1, -0.05) is 0 Å². The molecule has 3 N–H and O–H groups in total. The van der Waals surface area contributed by atoms with Gasteiger partial charge in [0.15, 0.2) is 0 Å². The van der Waals surface area contributed by atoms with E-state index in [2.05, 4.69) is 0 Å². The van der Waals surface area contributed by atoms with Crippen molar-refractivity contribution in [1.29, 1.82) is 0 Å². The lowest BCUT2D eigenvalue weighted by Gasteiger charge is -2.36. The molecule has 1 saturated heterocycles. The molecule has 0 aromatic rings. The number of amides is 1. The summed E-state index contributed by atoms with van der Waals surface area (Å²) in [6.45, 7) is 10.7. The molecule has 7 heteroatoms. The van der Waals surface area contributed by atoms with Crippen molar-refractivity contribution in [2.24, 2.45) is 0 Å². The van der Waals surface area contributed by atoms with Crippen LogP contribution in [0.5, 0.6) is 0 Å². The van der Waals surface area contributed by atoms with Gasteiger partial charge in [-0.2, -0.15) is 0 Å². The number of carbonyl (C=O) groups is 3. The van der Waals surface area contributed by atoms with Crippen LogP contribution in [-0.2, 0) is 19.1 Å². The Morgan fingerprint density at radius 2 is 1.55 bits per heavy atom. The van der Waals surface area contributed by atoms with E-state index < -0.39 is 29.3 Å². The number of hydrogen-bond acceptors (Lipinski definition) is 6. The van der Waals surface area contributed by atoms with Crippen molar-refractivity contribution in [2.75, 3.05) is 6.54 Å². The fraction of sp³-hybridized carbons (Fsp3) is 0.800. The second kappa shape index (κ2) is 7.09. The predicted octanol–water partition coefficient (Wildman–Crippen LogP) is 2.46. The Morgan fingerprint density at radius 1 is 1.05 bits per heavy atom. The van der Waals surface area contributed by atoms with Crippen molar-refractivity contribution in [3.8, 4) is 0 Å². The van der Waals surface area contributed by atoms with E-state index in [1.165, 1.54) is 4.90 Å². The number of hydrogen-bond donors (Lipinski definition) is 1. The lowest BCUT2D eigenvalue weighted by molar-refractivity contribution is -0.163. The Labute approximate surface area is 131 Å². The average molecular weight is 316 g/mol. The van der Waals surface area contributed by atoms with E-state index in [1.807, 2.05) is 0 Å². The van der Waals surface area contributed by atoms with Gasteiger partial charge in [-0.15, -0.1) is 0 Å². The first-order valence-electron chi connectivity index (χ1n) is 7.13. The molecular formula is C15H28N2O5. The maximum atomic E-state index is 12.2. The zero-order valence-electron chi connectivity index (χ0n) is 14.4. The molecule has 0 radical (unpaired) electrons. The molecule has 1 aliphatic heterocycles. The molecule has 128 valence electrons. The molecule has 0 aliphatic carbocycles. The van der Waals surface area contributed by atoms with E-state index in [9.17, 15) is 14.4 Å². The number of rotatable bonds is 1. The van der Waals surface area contributed by atoms with Crippen molar-refractivity contribution >= 4 is 17.8 Å². The molecule has 1 heterocycles. The Morgan fingerprint density at radius 3 is 2.00 bits per heavy atom. The molecule has 22 heavy (non-hydrogen) atoms. The molecule has 1 aliphatic rings. The van der Waals surface area contributed by atoms with E-state index in [4.69, 9.17) is 9.47 Å². The molecular weight excluding hydrogens is 288 g/mol. The van der Waals surface area contributed by atoms with Crippen LogP contribution in [0.3, 0.4) is 0 Å². The number of carbonyl (C=O) groups excluding carboxylic acids is 3. The van der Waals surface area contributed by atoms with Crippen LogP contribution in [0.4, 0.5) is 4.79 Å². The van der Waals surface area contributed by atoms with E-state index in [-0.39, 0.29) is 31.3 Å². The summed E-state index contributed by atoms with van der Waals surface area (Å²) < 4.78 is 10.6. The first-order chi connectivity index (χ1) is 9.39. The van der Waals surface area contributed by atoms with Gasteiger partial charge < -0.3 is 15.6 Å². The minimum Gasteiger partial charge on any atom is -0.458 e. The molecule has 1 amide bonds. The van der Waals surface area contributed by atoms with Crippen LogP contribution >= 0.6 is 0 Å². The van der Waals surface area contributed by atoms with Crippen LogP contribution < -0.4 is 6.15 Å². The number of nitrogens with zero attached hydrogens (tertiary/aromatic N) is 1. The highest BCUT2D eigenvalue weighted by molar-refractivity contribution is 5.91. The third kappa shape index (κ3) is 6.43. The van der Waals surface area contributed by atoms with Gasteiger partial charge in [0.25, 0.3) is 0 Å². The van der Waals surface area contributed by atoms with Crippen LogP contribution in [0.25, 0.3) is 0 Å². The van der Waals surface area contributed by atoms with Crippen LogP contribution in [0.2, 0.25) is 0 Å². The zero-order chi connectivity index (χ0) is 16.4. The number of ether oxygens (including phenoxy) is 2. The number of Topliss-reactive ketones (excluding diaryl/α,β-unsaturated/α-hetero) is 1. The van der Waals surface area contributed by atoms with Crippen molar-refractivity contribution in [3.63, 3.8) is 0 Å². The summed E-state index contributed by atoms with van der Waals surface area (Å²) in [5.74, 6) is -0.618. The summed E-state index contributed by atoms with van der Waals surface area (Å²) >= 11 is 0. The minimum absolute atomic E-state index is 0. The normalized spacial score (nSPS) is 19.3. The second-order valence-corrected chi connectivity index (χ2v) is 7.22. The average Bonchev–Trinajstić information content (AvgIpc) is 2.23. The topological polar surface area (TPSA) is 108 Å². The zero-order valence-corrected chi connectivity index (χ0v) is 14.4. The van der Waals surface area contributed by atoms with Crippen molar-refractivity contribution in [3.05, 3.63) is 0 Å². The van der Waals surface area contributed by atoms with Gasteiger partial charge in [0, 0.05) is 19.4 Å². The van der Waals surface area contributed by atoms with E-state index in [1.54, 1.807) is 41.5 Å². The van der Waals surface area contributed by atoms with Gasteiger partial charge in [0.2, 0.25) is 0 Å². The van der Waals surface area contributed by atoms with Gasteiger partial charge in [0.05, 0.1) is 0 Å². The summed E-state index contributed by atoms with van der Waals surface area (Å²) in [4.78, 5) is 37.3. The van der Waals surface area contributed by atoms with Crippen molar-refractivity contribution in [1.82, 2.24) is 11.1 Å². The number of piperidine rings is 1. The standard InChI is InChI=1S/C15H25NO5.H3N/c1-14(2,3)20-12(18)11-9-10(17)7-8-16(11)13(19)21-15(4,5)6;/h11H,7-9H2,1-6H3;1H3. The van der Waals surface area contributed by atoms with E-state index in [0.717, 1.165) is 0 Å². The fourth-order valence-corrected chi connectivity index (χ4v) is 1.95. The van der Waals surface area contributed by atoms with Crippen LogP contribution in [0.1, 0.15) is 54.4 Å². The summed E-state index contributed by atoms with van der Waals surface area (Å²) in [7, 11) is 0. The highest BCUT2D eigenvalue weighted by Crippen LogP contribution is 2.21. The van der Waals surface area contributed by atoms with Gasteiger partial charge in [0.1, 0.15) is 23.0 Å². The third-order valence-corrected chi connectivity index (χ3v) is 2.74. The summed E-state index contributed by atoms with van der Waals surface area (Å²) in [6, 6.07) is -0.902. The summed E-state index contributed by atoms with van der Waals surface area (Å²) in [6.07, 6.45) is -0.377. The number of esters is 1. The fourth-order valence-electron chi connectivity index (χ4n) is 1.95. The second-order valence-electron chi connectivity index (χ2n) is 7.22. The van der Waals surface area contributed by atoms with Gasteiger partial charge in [-0.3, -0.25) is 9.69 Å². The minimum atomic E-state index is -0.902. The third-order valence-electron chi connectivity index (χ3n) is 2.74. The highest BCUT2D eigenvalue weighted by Gasteiger charge is 2.39. The lowest BCUT2D eigenvalue weighted by Crippen LogP contribution is -2.53. The van der Waals surface area contributed by atoms with Crippen LogP contribution in [0, 0.1) is 0 Å². The Hall–Kier alpha value is -1.63. The van der Waals surface area contributed by atoms with Gasteiger partial charge in [-0.25, -0.2) is 9.59 Å². The van der Waals surface area contributed by atoms with Gasteiger partial charge in [-0.05, 0) is 41.5 Å². The molecule has 7 nitrogen and oxygen atoms in total. The maximum Gasteiger partial charge on any atom is 0.411 e. The lowest BCUT2D eigenvalue weighted by atomic mass is 10.0. The molecule has 1 fully saturated rings. The molecule has 0 spiro atoms. The van der Waals surface area contributed by atoms with Gasteiger partial charge >= 0.3 is 12.1 Å². The van der Waals surface area contributed by atoms with E-state index in [0.29, 0.717) is 0 Å². The van der Waals surface area contributed by atoms with Crippen molar-refractivity contribution < 1.29 is 23.9 Å². The Balaban J connectivity index is 0.00000441. The van der Waals surface area contributed by atoms with E-state index >= 15 is 0 Å².